The average molecular weight is 428 g/mol. The van der Waals surface area contributed by atoms with Crippen molar-refractivity contribution in [1.29, 1.82) is 0 Å². The van der Waals surface area contributed by atoms with Gasteiger partial charge in [-0.15, -0.1) is 0 Å². The molecule has 2 N–H and O–H groups in total. The van der Waals surface area contributed by atoms with E-state index in [9.17, 15) is 14.0 Å². The fourth-order valence-corrected chi connectivity index (χ4v) is 3.33. The number of methoxy groups -OCH3 is 1. The molecule has 0 bridgehead atoms. The first-order valence-corrected chi connectivity index (χ1v) is 9.99. The molecule has 3 rings (SSSR count). The SMILES string of the molecule is CCOc1cc(C2NC(=O)NC(CC)=C2C(=O)OC)ccc1OCc1ccc(F)cc1. The molecule has 1 unspecified atom stereocenters. The number of carbonyl (C=O) groups excluding carboxylic acids is 2. The Bertz CT molecular complexity index is 988. The van der Waals surface area contributed by atoms with E-state index >= 15 is 0 Å². The Morgan fingerprint density at radius 1 is 1.06 bits per heavy atom. The van der Waals surface area contributed by atoms with Crippen LogP contribution in [0.4, 0.5) is 9.18 Å². The topological polar surface area (TPSA) is 85.9 Å². The van der Waals surface area contributed by atoms with E-state index in [1.807, 2.05) is 13.8 Å². The molecule has 0 radical (unpaired) electrons. The van der Waals surface area contributed by atoms with Crippen LogP contribution in [-0.4, -0.2) is 25.7 Å². The standard InChI is InChI=1S/C23H25FN2O5/c1-4-17-20(22(27)29-3)21(26-23(28)25-17)15-8-11-18(19(12-15)30-5-2)31-13-14-6-9-16(24)10-7-14/h6-12,21H,4-5,13H2,1-3H3,(H2,25,26,28). The quantitative estimate of drug-likeness (QED) is 0.621. The van der Waals surface area contributed by atoms with Gasteiger partial charge in [-0.1, -0.05) is 25.1 Å². The summed E-state index contributed by atoms with van der Waals surface area (Å²) in [5.41, 5.74) is 2.31. The van der Waals surface area contributed by atoms with Crippen LogP contribution in [-0.2, 0) is 16.1 Å². The molecule has 164 valence electrons. The van der Waals surface area contributed by atoms with Crippen molar-refractivity contribution in [3.63, 3.8) is 0 Å². The second kappa shape index (κ2) is 9.97. The smallest absolute Gasteiger partial charge is 0.337 e. The number of urea groups is 1. The van der Waals surface area contributed by atoms with Gasteiger partial charge in [0.05, 0.1) is 25.3 Å². The lowest BCUT2D eigenvalue weighted by molar-refractivity contribution is -0.136. The van der Waals surface area contributed by atoms with Crippen LogP contribution in [0.2, 0.25) is 0 Å². The minimum absolute atomic E-state index is 0.233. The number of rotatable bonds is 8. The molecular formula is C23H25FN2O5. The minimum Gasteiger partial charge on any atom is -0.490 e. The second-order valence-electron chi connectivity index (χ2n) is 6.82. The van der Waals surface area contributed by atoms with E-state index in [2.05, 4.69) is 10.6 Å². The summed E-state index contributed by atoms with van der Waals surface area (Å²) in [5, 5.41) is 5.44. The van der Waals surface area contributed by atoms with Gasteiger partial charge in [-0.05, 0) is 48.7 Å². The highest BCUT2D eigenvalue weighted by Gasteiger charge is 2.33. The highest BCUT2D eigenvalue weighted by atomic mass is 19.1. The molecule has 8 heteroatoms. The maximum absolute atomic E-state index is 13.1. The number of nitrogens with one attached hydrogen (secondary N) is 2. The minimum atomic E-state index is -0.693. The van der Waals surface area contributed by atoms with Crippen LogP contribution in [0.3, 0.4) is 0 Å². The number of allylic oxidation sites excluding steroid dienone is 1. The zero-order chi connectivity index (χ0) is 22.4. The third-order valence-corrected chi connectivity index (χ3v) is 4.82. The van der Waals surface area contributed by atoms with Gasteiger partial charge in [0, 0.05) is 5.70 Å². The third kappa shape index (κ3) is 5.14. The predicted molar refractivity (Wildman–Crippen MR) is 112 cm³/mol. The van der Waals surface area contributed by atoms with Crippen LogP contribution in [0, 0.1) is 5.82 Å². The molecule has 0 aromatic heterocycles. The Morgan fingerprint density at radius 3 is 2.45 bits per heavy atom. The van der Waals surface area contributed by atoms with Gasteiger partial charge < -0.3 is 24.8 Å². The van der Waals surface area contributed by atoms with Crippen LogP contribution in [0.25, 0.3) is 0 Å². The molecule has 7 nitrogen and oxygen atoms in total. The van der Waals surface area contributed by atoms with E-state index in [1.165, 1.54) is 19.2 Å². The summed E-state index contributed by atoms with van der Waals surface area (Å²) in [4.78, 5) is 24.6. The van der Waals surface area contributed by atoms with Gasteiger partial charge in [-0.2, -0.15) is 0 Å². The molecule has 2 amide bonds. The molecule has 0 saturated heterocycles. The molecule has 0 spiro atoms. The molecule has 2 aromatic rings. The van der Waals surface area contributed by atoms with Crippen molar-refractivity contribution in [3.8, 4) is 11.5 Å². The Labute approximate surface area is 180 Å². The predicted octanol–water partition coefficient (Wildman–Crippen LogP) is 3.99. The van der Waals surface area contributed by atoms with Crippen molar-refractivity contribution in [2.75, 3.05) is 13.7 Å². The zero-order valence-electron chi connectivity index (χ0n) is 17.7. The van der Waals surface area contributed by atoms with Gasteiger partial charge in [0.15, 0.2) is 11.5 Å². The van der Waals surface area contributed by atoms with Gasteiger partial charge in [-0.25, -0.2) is 14.0 Å². The maximum Gasteiger partial charge on any atom is 0.337 e. The fourth-order valence-electron chi connectivity index (χ4n) is 3.33. The Kier molecular flexibility index (Phi) is 7.12. The third-order valence-electron chi connectivity index (χ3n) is 4.82. The molecule has 0 saturated carbocycles. The highest BCUT2D eigenvalue weighted by Crippen LogP contribution is 2.35. The number of benzene rings is 2. The number of hydrogen-bond acceptors (Lipinski definition) is 5. The first kappa shape index (κ1) is 22.1. The molecule has 1 aliphatic rings. The van der Waals surface area contributed by atoms with E-state index in [0.29, 0.717) is 41.4 Å². The normalized spacial score (nSPS) is 15.7. The maximum atomic E-state index is 13.1. The summed E-state index contributed by atoms with van der Waals surface area (Å²) in [6.45, 7) is 4.32. The number of amides is 2. The van der Waals surface area contributed by atoms with Crippen molar-refractivity contribution in [3.05, 3.63) is 70.7 Å². The molecular weight excluding hydrogens is 403 g/mol. The number of halogens is 1. The molecule has 1 atom stereocenters. The van der Waals surface area contributed by atoms with E-state index in [-0.39, 0.29) is 12.4 Å². The monoisotopic (exact) mass is 428 g/mol. The Hall–Kier alpha value is -3.55. The summed E-state index contributed by atoms with van der Waals surface area (Å²) in [7, 11) is 1.30. The van der Waals surface area contributed by atoms with Crippen molar-refractivity contribution >= 4 is 12.0 Å². The Morgan fingerprint density at radius 2 is 1.81 bits per heavy atom. The van der Waals surface area contributed by atoms with Crippen molar-refractivity contribution in [2.24, 2.45) is 0 Å². The average Bonchev–Trinajstić information content (AvgIpc) is 2.78. The molecule has 1 heterocycles. The van der Waals surface area contributed by atoms with E-state index in [0.717, 1.165) is 5.56 Å². The van der Waals surface area contributed by atoms with Crippen LogP contribution in [0.15, 0.2) is 53.7 Å². The number of ether oxygens (including phenoxy) is 3. The van der Waals surface area contributed by atoms with Crippen LogP contribution in [0.1, 0.15) is 37.4 Å². The van der Waals surface area contributed by atoms with Gasteiger partial charge in [0.25, 0.3) is 0 Å². The molecule has 0 fully saturated rings. The first-order chi connectivity index (χ1) is 15.0. The van der Waals surface area contributed by atoms with Crippen molar-refractivity contribution in [2.45, 2.75) is 32.9 Å². The van der Waals surface area contributed by atoms with Crippen LogP contribution < -0.4 is 20.1 Å². The molecule has 2 aromatic carbocycles. The second-order valence-corrected chi connectivity index (χ2v) is 6.82. The van der Waals surface area contributed by atoms with Gasteiger partial charge in [0.2, 0.25) is 0 Å². The number of hydrogen-bond donors (Lipinski definition) is 2. The van der Waals surface area contributed by atoms with Gasteiger partial charge in [-0.3, -0.25) is 0 Å². The summed E-state index contributed by atoms with van der Waals surface area (Å²) in [6.07, 6.45) is 0.464. The van der Waals surface area contributed by atoms with Crippen LogP contribution in [0.5, 0.6) is 11.5 Å². The van der Waals surface area contributed by atoms with Gasteiger partial charge >= 0.3 is 12.0 Å². The van der Waals surface area contributed by atoms with E-state index < -0.39 is 18.0 Å². The summed E-state index contributed by atoms with van der Waals surface area (Å²) in [5.74, 6) is 0.128. The Balaban J connectivity index is 1.92. The lowest BCUT2D eigenvalue weighted by Gasteiger charge is -2.29. The number of esters is 1. The first-order valence-electron chi connectivity index (χ1n) is 9.99. The van der Waals surface area contributed by atoms with Crippen molar-refractivity contribution in [1.82, 2.24) is 10.6 Å². The van der Waals surface area contributed by atoms with Crippen molar-refractivity contribution < 1.29 is 28.2 Å². The summed E-state index contributed by atoms with van der Waals surface area (Å²) < 4.78 is 29.6. The lowest BCUT2D eigenvalue weighted by Crippen LogP contribution is -2.45. The van der Waals surface area contributed by atoms with E-state index in [4.69, 9.17) is 14.2 Å². The van der Waals surface area contributed by atoms with Gasteiger partial charge in [0.1, 0.15) is 12.4 Å². The van der Waals surface area contributed by atoms with E-state index in [1.54, 1.807) is 30.3 Å². The highest BCUT2D eigenvalue weighted by molar-refractivity contribution is 5.95. The summed E-state index contributed by atoms with van der Waals surface area (Å²) in [6, 6.07) is 10.2. The molecule has 1 aliphatic heterocycles. The fraction of sp³-hybridized carbons (Fsp3) is 0.304. The summed E-state index contributed by atoms with van der Waals surface area (Å²) >= 11 is 0. The molecule has 0 aliphatic carbocycles. The number of carbonyl (C=O) groups is 2. The lowest BCUT2D eigenvalue weighted by atomic mass is 9.94. The molecule has 31 heavy (non-hydrogen) atoms. The zero-order valence-corrected chi connectivity index (χ0v) is 17.7. The van der Waals surface area contributed by atoms with Crippen LogP contribution >= 0.6 is 0 Å². The largest absolute Gasteiger partial charge is 0.490 e.